The van der Waals surface area contributed by atoms with Gasteiger partial charge >= 0.3 is 0 Å². The molecule has 0 spiro atoms. The number of hydrogen-bond donors (Lipinski definition) is 2. The minimum atomic E-state index is -0.410. The van der Waals surface area contributed by atoms with E-state index in [1.54, 1.807) is 31.5 Å². The number of ether oxygens (including phenoxy) is 2. The molecule has 2 heterocycles. The van der Waals surface area contributed by atoms with Gasteiger partial charge in [-0.3, -0.25) is 9.78 Å². The fraction of sp³-hybridized carbons (Fsp3) is 0.333. The van der Waals surface area contributed by atoms with Crippen LogP contribution >= 0.6 is 0 Å². The van der Waals surface area contributed by atoms with Crippen LogP contribution in [0.5, 0.6) is 11.5 Å². The van der Waals surface area contributed by atoms with E-state index in [0.29, 0.717) is 6.42 Å². The van der Waals surface area contributed by atoms with Crippen LogP contribution in [0.15, 0.2) is 66.9 Å². The Morgan fingerprint density at radius 1 is 1.15 bits per heavy atom. The van der Waals surface area contributed by atoms with E-state index in [2.05, 4.69) is 15.6 Å². The minimum absolute atomic E-state index is 0.0136. The molecule has 2 aromatic carbocycles. The number of benzene rings is 2. The molecule has 34 heavy (non-hydrogen) atoms. The van der Waals surface area contributed by atoms with Crippen molar-refractivity contribution in [3.63, 3.8) is 0 Å². The second-order valence-electron chi connectivity index (χ2n) is 8.32. The maximum atomic E-state index is 14.0. The Hall–Kier alpha value is -3.45. The van der Waals surface area contributed by atoms with Crippen LogP contribution in [0.2, 0.25) is 0 Å². The molecular formula is C27H30FN3O3. The number of halogens is 1. The van der Waals surface area contributed by atoms with Crippen molar-refractivity contribution in [2.24, 2.45) is 5.92 Å². The standard InChI is InChI=1S/C27H30FN3O3/c1-33-21-7-4-6-20(18-21)22-8-5-14-30-26(22)24(31-27(32)19-11-15-29-16-12-19)13-17-34-25-10-3-2-9-23(25)28/h2-10,14,18-19,24,29H,11-13,15-17H2,1H3,(H,31,32)/t24-/m0/s1. The molecule has 1 atom stereocenters. The summed E-state index contributed by atoms with van der Waals surface area (Å²) in [5.41, 5.74) is 2.59. The van der Waals surface area contributed by atoms with Crippen molar-refractivity contribution in [3.05, 3.63) is 78.4 Å². The van der Waals surface area contributed by atoms with Crippen LogP contribution < -0.4 is 20.1 Å². The number of nitrogens with one attached hydrogen (secondary N) is 2. The van der Waals surface area contributed by atoms with Crippen LogP contribution in [0, 0.1) is 11.7 Å². The van der Waals surface area contributed by atoms with Gasteiger partial charge < -0.3 is 20.1 Å². The first-order chi connectivity index (χ1) is 16.7. The first kappa shape index (κ1) is 23.7. The molecule has 0 bridgehead atoms. The van der Waals surface area contributed by atoms with Gasteiger partial charge in [-0.25, -0.2) is 4.39 Å². The molecule has 0 aliphatic carbocycles. The third kappa shape index (κ3) is 5.91. The predicted molar refractivity (Wildman–Crippen MR) is 129 cm³/mol. The van der Waals surface area contributed by atoms with Gasteiger partial charge in [0.25, 0.3) is 0 Å². The number of pyridine rings is 1. The smallest absolute Gasteiger partial charge is 0.223 e. The molecule has 0 saturated carbocycles. The maximum Gasteiger partial charge on any atom is 0.223 e. The molecule has 1 aliphatic heterocycles. The van der Waals surface area contributed by atoms with Gasteiger partial charge in [0.2, 0.25) is 5.91 Å². The van der Waals surface area contributed by atoms with Gasteiger partial charge in [0.05, 0.1) is 25.5 Å². The first-order valence-electron chi connectivity index (χ1n) is 11.6. The molecule has 0 unspecified atom stereocenters. The number of piperidine rings is 1. The number of para-hydroxylation sites is 1. The fourth-order valence-corrected chi connectivity index (χ4v) is 4.23. The highest BCUT2D eigenvalue weighted by atomic mass is 19.1. The van der Waals surface area contributed by atoms with Crippen molar-refractivity contribution in [1.29, 1.82) is 0 Å². The van der Waals surface area contributed by atoms with E-state index >= 15 is 0 Å². The van der Waals surface area contributed by atoms with Gasteiger partial charge in [-0.2, -0.15) is 0 Å². The van der Waals surface area contributed by atoms with Crippen LogP contribution in [0.25, 0.3) is 11.1 Å². The summed E-state index contributed by atoms with van der Waals surface area (Å²) in [6.07, 6.45) is 3.77. The molecular weight excluding hydrogens is 433 g/mol. The second-order valence-corrected chi connectivity index (χ2v) is 8.32. The van der Waals surface area contributed by atoms with E-state index in [-0.39, 0.29) is 24.2 Å². The molecule has 1 aliphatic rings. The third-order valence-electron chi connectivity index (χ3n) is 6.08. The Kier molecular flexibility index (Phi) is 8.09. The van der Waals surface area contributed by atoms with Gasteiger partial charge in [0.15, 0.2) is 11.6 Å². The van der Waals surface area contributed by atoms with Crippen molar-refractivity contribution in [2.75, 3.05) is 26.8 Å². The lowest BCUT2D eigenvalue weighted by atomic mass is 9.94. The molecule has 1 aromatic heterocycles. The quantitative estimate of drug-likeness (QED) is 0.488. The van der Waals surface area contributed by atoms with Crippen molar-refractivity contribution in [1.82, 2.24) is 15.6 Å². The molecule has 1 fully saturated rings. The number of hydrogen-bond acceptors (Lipinski definition) is 5. The normalized spacial score (nSPS) is 14.9. The molecule has 178 valence electrons. The molecule has 4 rings (SSSR count). The summed E-state index contributed by atoms with van der Waals surface area (Å²) < 4.78 is 25.1. The fourth-order valence-electron chi connectivity index (χ4n) is 4.23. The summed E-state index contributed by atoms with van der Waals surface area (Å²) in [4.78, 5) is 17.8. The van der Waals surface area contributed by atoms with Crippen molar-refractivity contribution < 1.29 is 18.7 Å². The Balaban J connectivity index is 1.59. The SMILES string of the molecule is COc1cccc(-c2cccnc2[C@H](CCOc2ccccc2F)NC(=O)C2CCNCC2)c1. The molecule has 0 radical (unpaired) electrons. The lowest BCUT2D eigenvalue weighted by Gasteiger charge is -2.26. The van der Waals surface area contributed by atoms with Crippen LogP contribution in [0.3, 0.4) is 0 Å². The van der Waals surface area contributed by atoms with Crippen LogP contribution in [-0.2, 0) is 4.79 Å². The molecule has 3 aromatic rings. The zero-order chi connectivity index (χ0) is 23.8. The van der Waals surface area contributed by atoms with Crippen LogP contribution in [-0.4, -0.2) is 37.7 Å². The number of rotatable bonds is 9. The van der Waals surface area contributed by atoms with Crippen molar-refractivity contribution in [3.8, 4) is 22.6 Å². The Morgan fingerprint density at radius 3 is 2.76 bits per heavy atom. The van der Waals surface area contributed by atoms with E-state index in [9.17, 15) is 9.18 Å². The van der Waals surface area contributed by atoms with E-state index in [1.165, 1.54) is 6.07 Å². The average Bonchev–Trinajstić information content (AvgIpc) is 2.89. The first-order valence-corrected chi connectivity index (χ1v) is 11.6. The van der Waals surface area contributed by atoms with Crippen molar-refractivity contribution in [2.45, 2.75) is 25.3 Å². The summed E-state index contributed by atoms with van der Waals surface area (Å²) in [6.45, 7) is 1.89. The Morgan fingerprint density at radius 2 is 1.97 bits per heavy atom. The summed E-state index contributed by atoms with van der Waals surface area (Å²) >= 11 is 0. The summed E-state index contributed by atoms with van der Waals surface area (Å²) in [7, 11) is 1.63. The number of amides is 1. The highest BCUT2D eigenvalue weighted by Gasteiger charge is 2.26. The summed E-state index contributed by atoms with van der Waals surface area (Å²) in [5.74, 6) is 0.498. The average molecular weight is 464 g/mol. The highest BCUT2D eigenvalue weighted by Crippen LogP contribution is 2.31. The molecule has 1 amide bonds. The number of carbonyl (C=O) groups is 1. The number of nitrogens with zero attached hydrogens (tertiary/aromatic N) is 1. The van der Waals surface area contributed by atoms with Gasteiger partial charge in [-0.1, -0.05) is 30.3 Å². The largest absolute Gasteiger partial charge is 0.497 e. The molecule has 7 heteroatoms. The van der Waals surface area contributed by atoms with Gasteiger partial charge in [-0.05, 0) is 61.8 Å². The number of aromatic nitrogens is 1. The lowest BCUT2D eigenvalue weighted by molar-refractivity contribution is -0.126. The number of carbonyl (C=O) groups excluding carboxylic acids is 1. The van der Waals surface area contributed by atoms with Crippen LogP contribution in [0.4, 0.5) is 4.39 Å². The summed E-state index contributed by atoms with van der Waals surface area (Å²) in [6, 6.07) is 17.5. The molecule has 2 N–H and O–H groups in total. The number of methoxy groups -OCH3 is 1. The maximum absolute atomic E-state index is 14.0. The zero-order valence-electron chi connectivity index (χ0n) is 19.3. The second kappa shape index (κ2) is 11.6. The predicted octanol–water partition coefficient (Wildman–Crippen LogP) is 4.52. The van der Waals surface area contributed by atoms with E-state index in [0.717, 1.165) is 48.5 Å². The third-order valence-corrected chi connectivity index (χ3v) is 6.08. The molecule has 6 nitrogen and oxygen atoms in total. The van der Waals surface area contributed by atoms with Gasteiger partial charge in [0.1, 0.15) is 5.75 Å². The topological polar surface area (TPSA) is 72.5 Å². The van der Waals surface area contributed by atoms with Crippen LogP contribution in [0.1, 0.15) is 31.0 Å². The Labute approximate surface area is 199 Å². The lowest BCUT2D eigenvalue weighted by Crippen LogP contribution is -2.40. The van der Waals surface area contributed by atoms with Crippen molar-refractivity contribution >= 4 is 5.91 Å². The van der Waals surface area contributed by atoms with E-state index in [4.69, 9.17) is 9.47 Å². The summed E-state index contributed by atoms with van der Waals surface area (Å²) in [5, 5.41) is 6.50. The van der Waals surface area contributed by atoms with E-state index < -0.39 is 11.9 Å². The van der Waals surface area contributed by atoms with E-state index in [1.807, 2.05) is 36.4 Å². The highest BCUT2D eigenvalue weighted by molar-refractivity contribution is 5.79. The zero-order valence-corrected chi connectivity index (χ0v) is 19.3. The molecule has 1 saturated heterocycles. The minimum Gasteiger partial charge on any atom is -0.497 e. The Bertz CT molecular complexity index is 1100. The monoisotopic (exact) mass is 463 g/mol. The van der Waals surface area contributed by atoms with Gasteiger partial charge in [-0.15, -0.1) is 0 Å². The van der Waals surface area contributed by atoms with Gasteiger partial charge in [0, 0.05) is 24.1 Å².